The molecule has 0 bridgehead atoms. The Hall–Kier alpha value is -2.86. The highest BCUT2D eigenvalue weighted by Crippen LogP contribution is 2.37. The zero-order valence-electron chi connectivity index (χ0n) is 13.3. The van der Waals surface area contributed by atoms with E-state index in [0.717, 1.165) is 5.57 Å². The molecule has 0 fully saturated rings. The standard InChI is InChI=1S/C18H15ClFN3O2/c1-22-18(21)23-17(24)10-2-5-16-14(8-10)12(6-7-25-16)13-4-3-11(20)9-15(13)19/h2-6,8-9H,7H2,1H3,(H3,21,22,23,24). The van der Waals surface area contributed by atoms with Crippen LogP contribution in [0.3, 0.4) is 0 Å². The molecule has 0 saturated heterocycles. The van der Waals surface area contributed by atoms with Gasteiger partial charge in [-0.15, -0.1) is 0 Å². The highest BCUT2D eigenvalue weighted by molar-refractivity contribution is 6.32. The van der Waals surface area contributed by atoms with Crippen LogP contribution in [0.25, 0.3) is 5.57 Å². The molecule has 0 aliphatic carbocycles. The molecule has 2 aromatic rings. The summed E-state index contributed by atoms with van der Waals surface area (Å²) >= 11 is 6.19. The number of hydrogen-bond donors (Lipinski definition) is 2. The first-order valence-electron chi connectivity index (χ1n) is 7.46. The lowest BCUT2D eigenvalue weighted by Crippen LogP contribution is -2.36. The third-order valence-electron chi connectivity index (χ3n) is 3.76. The molecule has 0 atom stereocenters. The Kier molecular flexibility index (Phi) is 4.72. The van der Waals surface area contributed by atoms with E-state index in [1.165, 1.54) is 19.2 Å². The number of nitrogens with two attached hydrogens (primary N) is 1. The van der Waals surface area contributed by atoms with Crippen molar-refractivity contribution in [2.24, 2.45) is 10.7 Å². The normalized spacial score (nSPS) is 13.6. The topological polar surface area (TPSA) is 76.7 Å². The van der Waals surface area contributed by atoms with Gasteiger partial charge in [-0.25, -0.2) is 4.39 Å². The Morgan fingerprint density at radius 1 is 1.28 bits per heavy atom. The van der Waals surface area contributed by atoms with Crippen molar-refractivity contribution in [2.75, 3.05) is 13.7 Å². The van der Waals surface area contributed by atoms with Gasteiger partial charge in [-0.1, -0.05) is 11.6 Å². The number of halogens is 2. The average molecular weight is 360 g/mol. The van der Waals surface area contributed by atoms with Crippen molar-refractivity contribution in [2.45, 2.75) is 0 Å². The van der Waals surface area contributed by atoms with Gasteiger partial charge in [0.05, 0.1) is 5.02 Å². The molecule has 0 unspecified atom stereocenters. The first-order valence-corrected chi connectivity index (χ1v) is 7.84. The predicted molar refractivity (Wildman–Crippen MR) is 95.4 cm³/mol. The first kappa shape index (κ1) is 17.0. The fourth-order valence-electron chi connectivity index (χ4n) is 2.54. The Morgan fingerprint density at radius 3 is 2.80 bits per heavy atom. The van der Waals surface area contributed by atoms with Gasteiger partial charge >= 0.3 is 0 Å². The third kappa shape index (κ3) is 3.49. The van der Waals surface area contributed by atoms with Gasteiger partial charge in [-0.2, -0.15) is 0 Å². The van der Waals surface area contributed by atoms with Crippen molar-refractivity contribution in [3.05, 3.63) is 70.0 Å². The van der Waals surface area contributed by atoms with Crippen LogP contribution >= 0.6 is 11.6 Å². The van der Waals surface area contributed by atoms with E-state index in [-0.39, 0.29) is 16.9 Å². The van der Waals surface area contributed by atoms with Gasteiger partial charge in [0.2, 0.25) is 0 Å². The SMILES string of the molecule is CN=C(N)NC(=O)c1ccc2c(c1)C(c1ccc(F)cc1Cl)=CCO2. The van der Waals surface area contributed by atoms with Gasteiger partial charge in [-0.3, -0.25) is 15.1 Å². The second-order valence-corrected chi connectivity index (χ2v) is 5.73. The van der Waals surface area contributed by atoms with E-state index in [4.69, 9.17) is 22.1 Å². The number of carbonyl (C=O) groups excluding carboxylic acids is 1. The van der Waals surface area contributed by atoms with Crippen LogP contribution in [0.1, 0.15) is 21.5 Å². The Balaban J connectivity index is 2.02. The van der Waals surface area contributed by atoms with E-state index in [2.05, 4.69) is 10.3 Å². The molecule has 3 rings (SSSR count). The maximum atomic E-state index is 13.3. The van der Waals surface area contributed by atoms with E-state index in [1.807, 2.05) is 6.08 Å². The second-order valence-electron chi connectivity index (χ2n) is 5.33. The summed E-state index contributed by atoms with van der Waals surface area (Å²) < 4.78 is 18.9. The number of ether oxygens (including phenoxy) is 1. The number of carbonyl (C=O) groups is 1. The lowest BCUT2D eigenvalue weighted by Gasteiger charge is -2.20. The average Bonchev–Trinajstić information content (AvgIpc) is 2.61. The molecule has 1 heterocycles. The smallest absolute Gasteiger partial charge is 0.257 e. The summed E-state index contributed by atoms with van der Waals surface area (Å²) in [5.74, 6) is -0.159. The van der Waals surface area contributed by atoms with Gasteiger partial charge in [0.15, 0.2) is 5.96 Å². The van der Waals surface area contributed by atoms with Crippen LogP contribution in [0.15, 0.2) is 47.5 Å². The van der Waals surface area contributed by atoms with Crippen molar-refractivity contribution < 1.29 is 13.9 Å². The van der Waals surface area contributed by atoms with Crippen LogP contribution in [0.5, 0.6) is 5.75 Å². The fourth-order valence-corrected chi connectivity index (χ4v) is 2.81. The van der Waals surface area contributed by atoms with Crippen LogP contribution in [-0.4, -0.2) is 25.5 Å². The molecule has 128 valence electrons. The third-order valence-corrected chi connectivity index (χ3v) is 4.07. The summed E-state index contributed by atoms with van der Waals surface area (Å²) in [6, 6.07) is 9.21. The molecule has 0 aromatic heterocycles. The lowest BCUT2D eigenvalue weighted by molar-refractivity contribution is 0.0976. The number of nitrogens with one attached hydrogen (secondary N) is 1. The number of rotatable bonds is 2. The van der Waals surface area contributed by atoms with E-state index in [1.54, 1.807) is 24.3 Å². The Bertz CT molecular complexity index is 909. The molecular formula is C18H15ClFN3O2. The second kappa shape index (κ2) is 6.94. The van der Waals surface area contributed by atoms with Crippen molar-refractivity contribution >= 4 is 29.0 Å². The number of fused-ring (bicyclic) bond motifs is 1. The molecule has 2 aromatic carbocycles. The number of amides is 1. The van der Waals surface area contributed by atoms with E-state index in [0.29, 0.717) is 29.0 Å². The summed E-state index contributed by atoms with van der Waals surface area (Å²) in [6.45, 7) is 0.358. The maximum Gasteiger partial charge on any atom is 0.257 e. The van der Waals surface area contributed by atoms with Gasteiger partial charge in [-0.05, 0) is 48.0 Å². The van der Waals surface area contributed by atoms with Crippen molar-refractivity contribution in [1.82, 2.24) is 5.32 Å². The molecule has 7 heteroatoms. The minimum Gasteiger partial charge on any atom is -0.489 e. The van der Waals surface area contributed by atoms with Crippen LogP contribution in [0.2, 0.25) is 5.02 Å². The summed E-state index contributed by atoms with van der Waals surface area (Å²) in [6.07, 6.45) is 1.84. The van der Waals surface area contributed by atoms with E-state index in [9.17, 15) is 9.18 Å². The molecule has 0 spiro atoms. The van der Waals surface area contributed by atoms with E-state index >= 15 is 0 Å². The first-order chi connectivity index (χ1) is 12.0. The molecular weight excluding hydrogens is 345 g/mol. The maximum absolute atomic E-state index is 13.3. The van der Waals surface area contributed by atoms with Crippen LogP contribution in [0.4, 0.5) is 4.39 Å². The van der Waals surface area contributed by atoms with Gasteiger partial charge in [0, 0.05) is 23.7 Å². The zero-order chi connectivity index (χ0) is 18.0. The molecule has 3 N–H and O–H groups in total. The number of guanidine groups is 1. The van der Waals surface area contributed by atoms with Gasteiger partial charge in [0.1, 0.15) is 18.2 Å². The molecule has 5 nitrogen and oxygen atoms in total. The number of nitrogens with zero attached hydrogens (tertiary/aromatic N) is 1. The van der Waals surface area contributed by atoms with Crippen LogP contribution in [0, 0.1) is 5.82 Å². The van der Waals surface area contributed by atoms with Crippen LogP contribution in [-0.2, 0) is 0 Å². The summed E-state index contributed by atoms with van der Waals surface area (Å²) in [7, 11) is 1.48. The Labute approximate surface area is 149 Å². The van der Waals surface area contributed by atoms with Crippen molar-refractivity contribution in [3.63, 3.8) is 0 Å². The highest BCUT2D eigenvalue weighted by Gasteiger charge is 2.20. The molecule has 1 aliphatic rings. The Morgan fingerprint density at radius 2 is 2.08 bits per heavy atom. The van der Waals surface area contributed by atoms with E-state index < -0.39 is 5.82 Å². The monoisotopic (exact) mass is 359 g/mol. The lowest BCUT2D eigenvalue weighted by atomic mass is 9.94. The fraction of sp³-hybridized carbons (Fsp3) is 0.111. The summed E-state index contributed by atoms with van der Waals surface area (Å²) in [4.78, 5) is 15.9. The van der Waals surface area contributed by atoms with Crippen LogP contribution < -0.4 is 15.8 Å². The molecule has 1 amide bonds. The predicted octanol–water partition coefficient (Wildman–Crippen LogP) is 2.98. The molecule has 0 saturated carbocycles. The summed E-state index contributed by atoms with van der Waals surface area (Å²) in [5.41, 5.74) is 8.06. The minimum absolute atomic E-state index is 0.0244. The van der Waals surface area contributed by atoms with Gasteiger partial charge < -0.3 is 10.5 Å². The molecule has 0 radical (unpaired) electrons. The highest BCUT2D eigenvalue weighted by atomic mass is 35.5. The number of benzene rings is 2. The van der Waals surface area contributed by atoms with Crippen molar-refractivity contribution in [1.29, 1.82) is 0 Å². The quantitative estimate of drug-likeness (QED) is 0.639. The van der Waals surface area contributed by atoms with Gasteiger partial charge in [0.25, 0.3) is 5.91 Å². The number of aliphatic imine (C=N–C) groups is 1. The molecule has 25 heavy (non-hydrogen) atoms. The largest absolute Gasteiger partial charge is 0.489 e. The zero-order valence-corrected chi connectivity index (χ0v) is 14.1. The number of hydrogen-bond acceptors (Lipinski definition) is 3. The minimum atomic E-state index is -0.413. The van der Waals surface area contributed by atoms with Crippen molar-refractivity contribution in [3.8, 4) is 5.75 Å². The molecule has 1 aliphatic heterocycles. The summed E-state index contributed by atoms with van der Waals surface area (Å²) in [5, 5.41) is 2.77.